The van der Waals surface area contributed by atoms with E-state index in [9.17, 15) is 14.9 Å². The number of hydrogen-bond donors (Lipinski definition) is 0. The van der Waals surface area contributed by atoms with Gasteiger partial charge in [-0.25, -0.2) is 0 Å². The molecular weight excluding hydrogens is 380 g/mol. The Kier molecular flexibility index (Phi) is 4.68. The van der Waals surface area contributed by atoms with Crippen molar-refractivity contribution in [3.63, 3.8) is 0 Å². The molecule has 5 nitrogen and oxygen atoms in total. The molecule has 0 fully saturated rings. The maximum Gasteiger partial charge on any atom is 0.269 e. The lowest BCUT2D eigenvalue weighted by Crippen LogP contribution is -2.30. The maximum absolute atomic E-state index is 12.5. The molecule has 3 rings (SSSR count). The van der Waals surface area contributed by atoms with Gasteiger partial charge in [0.2, 0.25) is 5.91 Å². The van der Waals surface area contributed by atoms with E-state index in [1.807, 2.05) is 24.3 Å². The number of fused-ring (bicyclic) bond motifs is 1. The Hall–Kier alpha value is -1.86. The Bertz CT molecular complexity index is 782. The minimum Gasteiger partial charge on any atom is -0.311 e. The molecule has 0 aliphatic carbocycles. The van der Waals surface area contributed by atoms with Crippen molar-refractivity contribution in [2.24, 2.45) is 0 Å². The smallest absolute Gasteiger partial charge is 0.269 e. The van der Waals surface area contributed by atoms with Crippen LogP contribution in [0.2, 0.25) is 0 Å². The second-order valence-electron chi connectivity index (χ2n) is 5.08. The monoisotopic (exact) mass is 392 g/mol. The molecule has 0 N–H and O–H groups in total. The summed E-state index contributed by atoms with van der Waals surface area (Å²) in [6.45, 7) is 0.575. The van der Waals surface area contributed by atoms with Gasteiger partial charge in [0.25, 0.3) is 5.69 Å². The van der Waals surface area contributed by atoms with Crippen LogP contribution in [0.1, 0.15) is 5.56 Å². The SMILES string of the molecule is O=C(CSc1ccccc1Br)N1CCc2cc([N+](=O)[O-])ccc21. The Morgan fingerprint density at radius 1 is 1.30 bits per heavy atom. The van der Waals surface area contributed by atoms with Gasteiger partial charge >= 0.3 is 0 Å². The maximum atomic E-state index is 12.5. The number of anilines is 1. The summed E-state index contributed by atoms with van der Waals surface area (Å²) < 4.78 is 0.968. The van der Waals surface area contributed by atoms with Crippen LogP contribution in [0.3, 0.4) is 0 Å². The van der Waals surface area contributed by atoms with E-state index in [0.717, 1.165) is 20.6 Å². The summed E-state index contributed by atoms with van der Waals surface area (Å²) in [5, 5.41) is 10.8. The van der Waals surface area contributed by atoms with Crippen molar-refractivity contribution < 1.29 is 9.72 Å². The predicted octanol–water partition coefficient (Wildman–Crippen LogP) is 4.04. The van der Waals surface area contributed by atoms with Gasteiger partial charge in [0.05, 0.1) is 10.7 Å². The van der Waals surface area contributed by atoms with E-state index >= 15 is 0 Å². The summed E-state index contributed by atoms with van der Waals surface area (Å²) in [5.41, 5.74) is 1.72. The van der Waals surface area contributed by atoms with E-state index in [-0.39, 0.29) is 11.6 Å². The molecule has 0 spiro atoms. The summed E-state index contributed by atoms with van der Waals surface area (Å²) in [7, 11) is 0. The predicted molar refractivity (Wildman–Crippen MR) is 94.0 cm³/mol. The van der Waals surface area contributed by atoms with Gasteiger partial charge < -0.3 is 4.90 Å². The van der Waals surface area contributed by atoms with Crippen molar-refractivity contribution in [1.82, 2.24) is 0 Å². The van der Waals surface area contributed by atoms with Crippen LogP contribution in [0, 0.1) is 10.1 Å². The van der Waals surface area contributed by atoms with E-state index in [4.69, 9.17) is 0 Å². The van der Waals surface area contributed by atoms with E-state index < -0.39 is 4.92 Å². The van der Waals surface area contributed by atoms with E-state index in [2.05, 4.69) is 15.9 Å². The minimum atomic E-state index is -0.409. The number of carbonyl (C=O) groups excluding carboxylic acids is 1. The molecule has 1 aliphatic rings. The zero-order chi connectivity index (χ0) is 16.4. The highest BCUT2D eigenvalue weighted by molar-refractivity contribution is 9.10. The van der Waals surface area contributed by atoms with Crippen molar-refractivity contribution in [2.45, 2.75) is 11.3 Å². The highest BCUT2D eigenvalue weighted by Gasteiger charge is 2.26. The van der Waals surface area contributed by atoms with E-state index in [1.54, 1.807) is 17.0 Å². The van der Waals surface area contributed by atoms with Crippen LogP contribution in [0.25, 0.3) is 0 Å². The quantitative estimate of drug-likeness (QED) is 0.447. The molecule has 0 saturated heterocycles. The van der Waals surface area contributed by atoms with Crippen molar-refractivity contribution >= 4 is 45.0 Å². The van der Waals surface area contributed by atoms with Crippen LogP contribution in [-0.4, -0.2) is 23.1 Å². The third-order valence-electron chi connectivity index (χ3n) is 3.66. The molecule has 0 bridgehead atoms. The van der Waals surface area contributed by atoms with Crippen molar-refractivity contribution in [3.05, 3.63) is 62.6 Å². The second-order valence-corrected chi connectivity index (χ2v) is 6.96. The number of nitro benzene ring substituents is 1. The van der Waals surface area contributed by atoms with Crippen molar-refractivity contribution in [3.8, 4) is 0 Å². The van der Waals surface area contributed by atoms with Gasteiger partial charge in [0, 0.05) is 33.7 Å². The van der Waals surface area contributed by atoms with Gasteiger partial charge in [0.1, 0.15) is 0 Å². The lowest BCUT2D eigenvalue weighted by atomic mass is 10.1. The molecule has 0 aromatic heterocycles. The third kappa shape index (κ3) is 3.40. The first kappa shape index (κ1) is 16.0. The van der Waals surface area contributed by atoms with Gasteiger partial charge in [-0.15, -0.1) is 11.8 Å². The normalized spacial score (nSPS) is 13.0. The summed E-state index contributed by atoms with van der Waals surface area (Å²) in [5.74, 6) is 0.345. The van der Waals surface area contributed by atoms with Crippen molar-refractivity contribution in [1.29, 1.82) is 0 Å². The Labute approximate surface area is 146 Å². The minimum absolute atomic E-state index is 0.0124. The first-order valence-corrected chi connectivity index (χ1v) is 8.79. The fourth-order valence-electron chi connectivity index (χ4n) is 2.54. The zero-order valence-electron chi connectivity index (χ0n) is 12.1. The highest BCUT2D eigenvalue weighted by atomic mass is 79.9. The largest absolute Gasteiger partial charge is 0.311 e. The molecule has 1 heterocycles. The number of amides is 1. The standard InChI is InChI=1S/C16H13BrN2O3S/c17-13-3-1-2-4-15(13)23-10-16(20)18-8-7-11-9-12(19(21)22)5-6-14(11)18/h1-6,9H,7-8,10H2. The molecule has 2 aromatic rings. The van der Waals surface area contributed by atoms with Crippen molar-refractivity contribution in [2.75, 3.05) is 17.2 Å². The first-order valence-electron chi connectivity index (χ1n) is 7.01. The van der Waals surface area contributed by atoms with Crippen LogP contribution >= 0.6 is 27.7 Å². The van der Waals surface area contributed by atoms with Crippen LogP contribution in [0.15, 0.2) is 51.8 Å². The molecule has 0 radical (unpaired) electrons. The molecule has 7 heteroatoms. The molecule has 1 aliphatic heterocycles. The number of benzene rings is 2. The molecule has 2 aromatic carbocycles. The van der Waals surface area contributed by atoms with E-state index in [0.29, 0.717) is 18.7 Å². The average molecular weight is 393 g/mol. The summed E-state index contributed by atoms with van der Waals surface area (Å²) >= 11 is 4.95. The fourth-order valence-corrected chi connectivity index (χ4v) is 3.98. The number of carbonyl (C=O) groups is 1. The molecule has 1 amide bonds. The molecule has 0 unspecified atom stereocenters. The van der Waals surface area contributed by atoms with E-state index in [1.165, 1.54) is 17.8 Å². The summed E-state index contributed by atoms with van der Waals surface area (Å²) in [4.78, 5) is 25.6. The molecule has 118 valence electrons. The first-order chi connectivity index (χ1) is 11.1. The average Bonchev–Trinajstić information content (AvgIpc) is 2.97. The van der Waals surface area contributed by atoms with Gasteiger partial charge in [-0.2, -0.15) is 0 Å². The van der Waals surface area contributed by atoms with Crippen LogP contribution in [-0.2, 0) is 11.2 Å². The van der Waals surface area contributed by atoms with Gasteiger partial charge in [-0.1, -0.05) is 12.1 Å². The fraction of sp³-hybridized carbons (Fsp3) is 0.188. The molecular formula is C16H13BrN2O3S. The number of nitro groups is 1. The van der Waals surface area contributed by atoms with Gasteiger partial charge in [0.15, 0.2) is 0 Å². The lowest BCUT2D eigenvalue weighted by Gasteiger charge is -2.17. The second kappa shape index (κ2) is 6.72. The molecule has 0 atom stereocenters. The number of halogens is 1. The Morgan fingerprint density at radius 3 is 2.83 bits per heavy atom. The zero-order valence-corrected chi connectivity index (χ0v) is 14.5. The molecule has 23 heavy (non-hydrogen) atoms. The summed E-state index contributed by atoms with van der Waals surface area (Å²) in [6.07, 6.45) is 0.655. The highest BCUT2D eigenvalue weighted by Crippen LogP contribution is 2.33. The Balaban J connectivity index is 1.71. The lowest BCUT2D eigenvalue weighted by molar-refractivity contribution is -0.384. The number of nitrogens with zero attached hydrogens (tertiary/aromatic N) is 2. The number of thioether (sulfide) groups is 1. The summed E-state index contributed by atoms with van der Waals surface area (Å²) in [6, 6.07) is 12.4. The van der Waals surface area contributed by atoms with Crippen LogP contribution in [0.4, 0.5) is 11.4 Å². The van der Waals surface area contributed by atoms with Crippen LogP contribution in [0.5, 0.6) is 0 Å². The topological polar surface area (TPSA) is 63.5 Å². The molecule has 0 saturated carbocycles. The van der Waals surface area contributed by atoms with Crippen LogP contribution < -0.4 is 4.90 Å². The number of hydrogen-bond acceptors (Lipinski definition) is 4. The Morgan fingerprint density at radius 2 is 2.09 bits per heavy atom. The van der Waals surface area contributed by atoms with Gasteiger partial charge in [-0.05, 0) is 46.1 Å². The van der Waals surface area contributed by atoms with Gasteiger partial charge in [-0.3, -0.25) is 14.9 Å². The number of non-ortho nitro benzene ring substituents is 1. The third-order valence-corrected chi connectivity index (χ3v) is 5.67. The number of rotatable bonds is 4.